The first kappa shape index (κ1) is 16.1. The Balaban J connectivity index is 3.59. The summed E-state index contributed by atoms with van der Waals surface area (Å²) in [6.45, 7) is 9.03. The average molecular weight is 243 g/mol. The molecule has 1 amide bonds. The second-order valence-electron chi connectivity index (χ2n) is 4.90. The van der Waals surface area contributed by atoms with Gasteiger partial charge in [-0.15, -0.1) is 0 Å². The van der Waals surface area contributed by atoms with Gasteiger partial charge in [0.1, 0.15) is 5.78 Å². The van der Waals surface area contributed by atoms with Crippen LogP contribution in [0, 0.1) is 11.8 Å². The molecule has 0 aromatic rings. The van der Waals surface area contributed by atoms with Crippen LogP contribution in [-0.4, -0.2) is 43.4 Å². The van der Waals surface area contributed by atoms with E-state index in [1.165, 1.54) is 0 Å². The zero-order valence-electron chi connectivity index (χ0n) is 11.7. The van der Waals surface area contributed by atoms with Gasteiger partial charge in [0.2, 0.25) is 5.91 Å². The topological polar surface area (TPSA) is 46.6 Å². The molecule has 0 saturated heterocycles. The SMILES string of the molecule is CC(C)C(=O)CCOCCN(C)C(=O)C(C)C. The molecule has 17 heavy (non-hydrogen) atoms. The van der Waals surface area contributed by atoms with Crippen molar-refractivity contribution in [3.63, 3.8) is 0 Å². The molecule has 0 radical (unpaired) electrons. The second-order valence-corrected chi connectivity index (χ2v) is 4.90. The van der Waals surface area contributed by atoms with Crippen molar-refractivity contribution in [2.45, 2.75) is 34.1 Å². The molecular weight excluding hydrogens is 218 g/mol. The number of rotatable bonds is 8. The molecule has 4 nitrogen and oxygen atoms in total. The first-order valence-corrected chi connectivity index (χ1v) is 6.21. The maximum Gasteiger partial charge on any atom is 0.224 e. The van der Waals surface area contributed by atoms with Crippen molar-refractivity contribution in [1.82, 2.24) is 4.90 Å². The Morgan fingerprint density at radius 3 is 2.12 bits per heavy atom. The van der Waals surface area contributed by atoms with Gasteiger partial charge >= 0.3 is 0 Å². The largest absolute Gasteiger partial charge is 0.379 e. The summed E-state index contributed by atoms with van der Waals surface area (Å²) in [5.74, 6) is 0.426. The van der Waals surface area contributed by atoms with Gasteiger partial charge in [-0.3, -0.25) is 9.59 Å². The minimum Gasteiger partial charge on any atom is -0.379 e. The number of hydrogen-bond donors (Lipinski definition) is 0. The highest BCUT2D eigenvalue weighted by atomic mass is 16.5. The van der Waals surface area contributed by atoms with Crippen LogP contribution in [0.2, 0.25) is 0 Å². The van der Waals surface area contributed by atoms with Gasteiger partial charge in [0.15, 0.2) is 0 Å². The van der Waals surface area contributed by atoms with Crippen molar-refractivity contribution in [3.05, 3.63) is 0 Å². The number of ether oxygens (including phenoxy) is 1. The van der Waals surface area contributed by atoms with Crippen molar-refractivity contribution < 1.29 is 14.3 Å². The van der Waals surface area contributed by atoms with Crippen LogP contribution >= 0.6 is 0 Å². The van der Waals surface area contributed by atoms with E-state index >= 15 is 0 Å². The summed E-state index contributed by atoms with van der Waals surface area (Å²) in [6, 6.07) is 0. The van der Waals surface area contributed by atoms with Crippen molar-refractivity contribution >= 4 is 11.7 Å². The molecule has 0 N–H and O–H groups in total. The summed E-state index contributed by atoms with van der Waals surface area (Å²) in [5.41, 5.74) is 0. The van der Waals surface area contributed by atoms with E-state index in [-0.39, 0.29) is 23.5 Å². The van der Waals surface area contributed by atoms with E-state index in [1.54, 1.807) is 11.9 Å². The van der Waals surface area contributed by atoms with Gasteiger partial charge in [-0.25, -0.2) is 0 Å². The number of carbonyl (C=O) groups excluding carboxylic acids is 2. The van der Waals surface area contributed by atoms with Crippen LogP contribution in [0.25, 0.3) is 0 Å². The summed E-state index contributed by atoms with van der Waals surface area (Å²) in [7, 11) is 1.77. The molecule has 0 spiro atoms. The molecule has 0 atom stereocenters. The third-order valence-electron chi connectivity index (χ3n) is 2.58. The number of Topliss-reactive ketones (excluding diaryl/α,β-unsaturated/α-hetero) is 1. The molecule has 0 saturated carbocycles. The number of amides is 1. The van der Waals surface area contributed by atoms with Crippen molar-refractivity contribution in [2.24, 2.45) is 11.8 Å². The number of ketones is 1. The first-order chi connectivity index (χ1) is 7.86. The van der Waals surface area contributed by atoms with E-state index in [9.17, 15) is 9.59 Å². The third-order valence-corrected chi connectivity index (χ3v) is 2.58. The van der Waals surface area contributed by atoms with Gasteiger partial charge < -0.3 is 9.64 Å². The van der Waals surface area contributed by atoms with Crippen molar-refractivity contribution in [2.75, 3.05) is 26.8 Å². The van der Waals surface area contributed by atoms with E-state index in [0.717, 1.165) is 0 Å². The Morgan fingerprint density at radius 2 is 1.65 bits per heavy atom. The smallest absolute Gasteiger partial charge is 0.224 e. The van der Waals surface area contributed by atoms with Crippen LogP contribution in [-0.2, 0) is 14.3 Å². The number of nitrogens with zero attached hydrogens (tertiary/aromatic N) is 1. The number of hydrogen-bond acceptors (Lipinski definition) is 3. The normalized spacial score (nSPS) is 11.0. The highest BCUT2D eigenvalue weighted by Gasteiger charge is 2.12. The van der Waals surface area contributed by atoms with Crippen LogP contribution in [0.5, 0.6) is 0 Å². The number of carbonyl (C=O) groups is 2. The molecule has 0 unspecified atom stereocenters. The summed E-state index contributed by atoms with van der Waals surface area (Å²) in [6.07, 6.45) is 0.458. The van der Waals surface area contributed by atoms with Crippen LogP contribution < -0.4 is 0 Å². The monoisotopic (exact) mass is 243 g/mol. The van der Waals surface area contributed by atoms with Crippen LogP contribution in [0.4, 0.5) is 0 Å². The summed E-state index contributed by atoms with van der Waals surface area (Å²) < 4.78 is 5.34. The first-order valence-electron chi connectivity index (χ1n) is 6.21. The molecule has 0 aromatic carbocycles. The molecule has 0 heterocycles. The highest BCUT2D eigenvalue weighted by molar-refractivity contribution is 5.80. The summed E-state index contributed by atoms with van der Waals surface area (Å²) in [4.78, 5) is 24.5. The third kappa shape index (κ3) is 7.10. The zero-order valence-corrected chi connectivity index (χ0v) is 11.7. The lowest BCUT2D eigenvalue weighted by Crippen LogP contribution is -2.33. The maximum atomic E-state index is 11.5. The van der Waals surface area contributed by atoms with Gasteiger partial charge in [0, 0.05) is 31.8 Å². The fraction of sp³-hybridized carbons (Fsp3) is 0.846. The predicted molar refractivity (Wildman–Crippen MR) is 67.8 cm³/mol. The van der Waals surface area contributed by atoms with Crippen LogP contribution in [0.3, 0.4) is 0 Å². The zero-order chi connectivity index (χ0) is 13.4. The van der Waals surface area contributed by atoms with Gasteiger partial charge in [0.25, 0.3) is 0 Å². The highest BCUT2D eigenvalue weighted by Crippen LogP contribution is 2.00. The van der Waals surface area contributed by atoms with Crippen molar-refractivity contribution in [3.8, 4) is 0 Å². The minimum atomic E-state index is 0.0162. The molecule has 0 aromatic heterocycles. The van der Waals surface area contributed by atoms with E-state index in [1.807, 2.05) is 27.7 Å². The average Bonchev–Trinajstić information content (AvgIpc) is 2.26. The second kappa shape index (κ2) is 8.23. The minimum absolute atomic E-state index is 0.0162. The fourth-order valence-electron chi connectivity index (χ4n) is 1.32. The number of likely N-dealkylation sites (N-methyl/N-ethyl adjacent to an activating group) is 1. The Labute approximate surface area is 104 Å². The Kier molecular flexibility index (Phi) is 7.79. The fourth-order valence-corrected chi connectivity index (χ4v) is 1.32. The molecule has 0 fully saturated rings. The standard InChI is InChI=1S/C13H25NO3/c1-10(2)12(15)6-8-17-9-7-14(5)13(16)11(3)4/h10-11H,6-9H2,1-5H3. The summed E-state index contributed by atoms with van der Waals surface area (Å²) >= 11 is 0. The Hall–Kier alpha value is -0.900. The van der Waals surface area contributed by atoms with Gasteiger partial charge in [0.05, 0.1) is 13.2 Å². The van der Waals surface area contributed by atoms with Crippen LogP contribution in [0.15, 0.2) is 0 Å². The van der Waals surface area contributed by atoms with E-state index in [0.29, 0.717) is 26.2 Å². The van der Waals surface area contributed by atoms with Gasteiger partial charge in [-0.1, -0.05) is 27.7 Å². The molecule has 100 valence electrons. The van der Waals surface area contributed by atoms with E-state index < -0.39 is 0 Å². The van der Waals surface area contributed by atoms with Gasteiger partial charge in [-0.2, -0.15) is 0 Å². The lowest BCUT2D eigenvalue weighted by Gasteiger charge is -2.19. The Morgan fingerprint density at radius 1 is 1.06 bits per heavy atom. The molecule has 0 rings (SSSR count). The van der Waals surface area contributed by atoms with Gasteiger partial charge in [-0.05, 0) is 0 Å². The molecule has 0 aliphatic heterocycles. The lowest BCUT2D eigenvalue weighted by atomic mass is 10.1. The predicted octanol–water partition coefficient (Wildman–Crippen LogP) is 1.73. The van der Waals surface area contributed by atoms with Crippen LogP contribution in [0.1, 0.15) is 34.1 Å². The quantitative estimate of drug-likeness (QED) is 0.610. The molecule has 0 aliphatic rings. The van der Waals surface area contributed by atoms with E-state index in [4.69, 9.17) is 4.74 Å². The van der Waals surface area contributed by atoms with Crippen molar-refractivity contribution in [1.29, 1.82) is 0 Å². The summed E-state index contributed by atoms with van der Waals surface area (Å²) in [5, 5.41) is 0. The molecule has 0 aliphatic carbocycles. The molecule has 4 heteroatoms. The Bertz CT molecular complexity index is 249. The molecule has 0 bridgehead atoms. The maximum absolute atomic E-state index is 11.5. The molecular formula is C13H25NO3. The van der Waals surface area contributed by atoms with E-state index in [2.05, 4.69) is 0 Å². The lowest BCUT2D eigenvalue weighted by molar-refractivity contribution is -0.134.